The monoisotopic (exact) mass is 372 g/mol. The minimum absolute atomic E-state index is 0.0602. The molecule has 2 aromatic carbocycles. The lowest BCUT2D eigenvalue weighted by molar-refractivity contribution is -0.384. The summed E-state index contributed by atoms with van der Waals surface area (Å²) in [5, 5.41) is 18.9. The maximum Gasteiger partial charge on any atom is 0.354 e. The fourth-order valence-corrected chi connectivity index (χ4v) is 2.44. The summed E-state index contributed by atoms with van der Waals surface area (Å²) < 4.78 is 0.857. The minimum Gasteiger partial charge on any atom is -0.282 e. The van der Waals surface area contributed by atoms with Gasteiger partial charge in [0.1, 0.15) is 5.71 Å². The van der Waals surface area contributed by atoms with E-state index in [-0.39, 0.29) is 17.2 Å². The smallest absolute Gasteiger partial charge is 0.282 e. The maximum atomic E-state index is 12.1. The molecule has 1 N–H and O–H groups in total. The molecule has 2 amide bonds. The van der Waals surface area contributed by atoms with Gasteiger partial charge in [0.15, 0.2) is 5.84 Å². The van der Waals surface area contributed by atoms with Crippen LogP contribution in [0.1, 0.15) is 5.56 Å². The molecule has 0 saturated heterocycles. The van der Waals surface area contributed by atoms with Crippen molar-refractivity contribution in [3.8, 4) is 0 Å². The summed E-state index contributed by atoms with van der Waals surface area (Å²) in [6, 6.07) is 11.9. The zero-order chi connectivity index (χ0) is 16.6. The van der Waals surface area contributed by atoms with Gasteiger partial charge in [-0.1, -0.05) is 15.9 Å². The highest BCUT2D eigenvalue weighted by molar-refractivity contribution is 9.10. The van der Waals surface area contributed by atoms with E-state index < -0.39 is 11.0 Å². The number of rotatable bonds is 3. The molecule has 0 atom stereocenters. The molecule has 0 fully saturated rings. The maximum absolute atomic E-state index is 12.1. The number of nitrogens with one attached hydrogen (secondary N) is 1. The van der Waals surface area contributed by atoms with E-state index in [2.05, 4.69) is 20.9 Å². The van der Waals surface area contributed by atoms with Crippen molar-refractivity contribution in [1.82, 2.24) is 0 Å². The van der Waals surface area contributed by atoms with Gasteiger partial charge < -0.3 is 0 Å². The van der Waals surface area contributed by atoms with Crippen LogP contribution in [0.2, 0.25) is 0 Å². The van der Waals surface area contributed by atoms with Crippen molar-refractivity contribution in [1.29, 1.82) is 5.41 Å². The molecule has 0 radical (unpaired) electrons. The number of carbonyl (C=O) groups excluding carboxylic acids is 1. The third kappa shape index (κ3) is 2.76. The summed E-state index contributed by atoms with van der Waals surface area (Å²) >= 11 is 3.31. The van der Waals surface area contributed by atoms with Crippen molar-refractivity contribution < 1.29 is 9.72 Å². The Morgan fingerprint density at radius 3 is 2.26 bits per heavy atom. The molecule has 0 unspecified atom stereocenters. The van der Waals surface area contributed by atoms with E-state index in [0.29, 0.717) is 11.3 Å². The highest BCUT2D eigenvalue weighted by Crippen LogP contribution is 2.24. The molecule has 23 heavy (non-hydrogen) atoms. The number of urea groups is 1. The zero-order valence-electron chi connectivity index (χ0n) is 11.6. The number of amides is 2. The van der Waals surface area contributed by atoms with E-state index in [1.165, 1.54) is 29.2 Å². The van der Waals surface area contributed by atoms with Crippen molar-refractivity contribution in [2.45, 2.75) is 0 Å². The molecule has 0 aromatic heterocycles. The van der Waals surface area contributed by atoms with E-state index in [1.54, 1.807) is 24.3 Å². The van der Waals surface area contributed by atoms with Gasteiger partial charge in [0.2, 0.25) is 0 Å². The van der Waals surface area contributed by atoms with Crippen LogP contribution in [-0.2, 0) is 0 Å². The summed E-state index contributed by atoms with van der Waals surface area (Å²) in [4.78, 5) is 27.4. The van der Waals surface area contributed by atoms with Crippen LogP contribution in [0.5, 0.6) is 0 Å². The number of non-ortho nitro benzene ring substituents is 1. The van der Waals surface area contributed by atoms with E-state index in [1.807, 2.05) is 0 Å². The SMILES string of the molecule is N=C1C(c2ccc([N+](=O)[O-])cc2)=NC(=O)N1c1ccc(Br)cc1. The van der Waals surface area contributed by atoms with E-state index in [0.717, 1.165) is 4.47 Å². The third-order valence-electron chi connectivity index (χ3n) is 3.28. The molecule has 2 aromatic rings. The molecule has 0 spiro atoms. The fourth-order valence-electron chi connectivity index (χ4n) is 2.17. The lowest BCUT2D eigenvalue weighted by Crippen LogP contribution is -2.32. The summed E-state index contributed by atoms with van der Waals surface area (Å²) in [5.41, 5.74) is 1.14. The summed E-state index contributed by atoms with van der Waals surface area (Å²) in [6.07, 6.45) is 0. The number of halogens is 1. The highest BCUT2D eigenvalue weighted by Gasteiger charge is 2.32. The van der Waals surface area contributed by atoms with Crippen molar-refractivity contribution in [3.63, 3.8) is 0 Å². The minimum atomic E-state index is -0.564. The van der Waals surface area contributed by atoms with Crippen LogP contribution in [-0.4, -0.2) is 22.5 Å². The van der Waals surface area contributed by atoms with Crippen LogP contribution in [0, 0.1) is 15.5 Å². The summed E-state index contributed by atoms with van der Waals surface area (Å²) in [5.74, 6) is -0.0637. The molecule has 0 bridgehead atoms. The molecular weight excluding hydrogens is 364 g/mol. The van der Waals surface area contributed by atoms with Crippen LogP contribution in [0.3, 0.4) is 0 Å². The number of anilines is 1. The first-order valence-corrected chi connectivity index (χ1v) is 7.29. The lowest BCUT2D eigenvalue weighted by atomic mass is 10.1. The molecule has 1 heterocycles. The number of amidine groups is 1. The Kier molecular flexibility index (Phi) is 3.75. The molecule has 8 heteroatoms. The zero-order valence-corrected chi connectivity index (χ0v) is 13.1. The molecule has 0 saturated carbocycles. The van der Waals surface area contributed by atoms with Crippen molar-refractivity contribution in [3.05, 3.63) is 68.7 Å². The number of hydrogen-bond acceptors (Lipinski definition) is 4. The molecule has 3 rings (SSSR count). The Bertz CT molecular complexity index is 844. The second-order valence-electron chi connectivity index (χ2n) is 4.71. The van der Waals surface area contributed by atoms with Crippen LogP contribution in [0.4, 0.5) is 16.2 Å². The molecule has 0 aliphatic carbocycles. The van der Waals surface area contributed by atoms with Crippen molar-refractivity contribution in [2.75, 3.05) is 4.90 Å². The van der Waals surface area contributed by atoms with Gasteiger partial charge in [0.05, 0.1) is 10.6 Å². The van der Waals surface area contributed by atoms with E-state index in [4.69, 9.17) is 5.41 Å². The van der Waals surface area contributed by atoms with Crippen LogP contribution in [0.15, 0.2) is 58.0 Å². The quantitative estimate of drug-likeness (QED) is 0.655. The third-order valence-corrected chi connectivity index (χ3v) is 3.81. The van der Waals surface area contributed by atoms with Crippen LogP contribution < -0.4 is 4.90 Å². The average molecular weight is 373 g/mol. The standard InChI is InChI=1S/C15H9BrN4O3/c16-10-3-7-11(8-4-10)19-14(17)13(18-15(19)21)9-1-5-12(6-2-9)20(22)23/h1-8,17H. The highest BCUT2D eigenvalue weighted by atomic mass is 79.9. The van der Waals surface area contributed by atoms with Crippen molar-refractivity contribution in [2.24, 2.45) is 4.99 Å². The summed E-state index contributed by atoms with van der Waals surface area (Å²) in [6.45, 7) is 0. The van der Waals surface area contributed by atoms with Crippen LogP contribution in [0.25, 0.3) is 0 Å². The number of nitro benzene ring substituents is 1. The molecule has 1 aliphatic rings. The topological polar surface area (TPSA) is 99.7 Å². The van der Waals surface area contributed by atoms with Gasteiger partial charge in [-0.15, -0.1) is 0 Å². The first kappa shape index (κ1) is 15.0. The number of nitro groups is 1. The molecular formula is C15H9BrN4O3. The van der Waals surface area contributed by atoms with E-state index >= 15 is 0 Å². The predicted octanol–water partition coefficient (Wildman–Crippen LogP) is 3.76. The Morgan fingerprint density at radius 1 is 1.09 bits per heavy atom. The first-order chi connectivity index (χ1) is 11.0. The first-order valence-electron chi connectivity index (χ1n) is 6.49. The lowest BCUT2D eigenvalue weighted by Gasteiger charge is -2.15. The van der Waals surface area contributed by atoms with Gasteiger partial charge in [0, 0.05) is 22.2 Å². The fraction of sp³-hybridized carbons (Fsp3) is 0. The van der Waals surface area contributed by atoms with Gasteiger partial charge in [-0.2, -0.15) is 4.99 Å². The predicted molar refractivity (Wildman–Crippen MR) is 89.4 cm³/mol. The normalized spacial score (nSPS) is 14.1. The number of benzene rings is 2. The van der Waals surface area contributed by atoms with Crippen LogP contribution >= 0.6 is 15.9 Å². The second-order valence-corrected chi connectivity index (χ2v) is 5.62. The molecule has 114 valence electrons. The number of nitrogens with zero attached hydrogens (tertiary/aromatic N) is 3. The Hall–Kier alpha value is -2.87. The molecule has 7 nitrogen and oxygen atoms in total. The Morgan fingerprint density at radius 2 is 1.70 bits per heavy atom. The number of hydrogen-bond donors (Lipinski definition) is 1. The van der Waals surface area contributed by atoms with Gasteiger partial charge in [0.25, 0.3) is 5.69 Å². The molecule has 1 aliphatic heterocycles. The van der Waals surface area contributed by atoms with Gasteiger partial charge in [-0.3, -0.25) is 15.5 Å². The average Bonchev–Trinajstić information content (AvgIpc) is 2.83. The Balaban J connectivity index is 1.92. The van der Waals surface area contributed by atoms with E-state index in [9.17, 15) is 14.9 Å². The van der Waals surface area contributed by atoms with Crippen molar-refractivity contribution >= 4 is 44.9 Å². The summed E-state index contributed by atoms with van der Waals surface area (Å²) in [7, 11) is 0. The Labute approximate surface area is 139 Å². The number of aliphatic imine (C=N–C) groups is 1. The second kappa shape index (κ2) is 5.73. The number of carbonyl (C=O) groups is 1. The van der Waals surface area contributed by atoms with Gasteiger partial charge >= 0.3 is 6.03 Å². The van der Waals surface area contributed by atoms with Gasteiger partial charge in [-0.05, 0) is 36.4 Å². The largest absolute Gasteiger partial charge is 0.354 e. The van der Waals surface area contributed by atoms with Gasteiger partial charge in [-0.25, -0.2) is 9.69 Å².